The van der Waals surface area contributed by atoms with Gasteiger partial charge in [0, 0.05) is 18.9 Å². The molecule has 0 aromatic heterocycles. The lowest BCUT2D eigenvalue weighted by atomic mass is 9.98. The first-order valence-corrected chi connectivity index (χ1v) is 11.3. The van der Waals surface area contributed by atoms with Crippen LogP contribution in [0.2, 0.25) is 0 Å². The Bertz CT molecular complexity index is 1040. The highest BCUT2D eigenvalue weighted by atomic mass is 16.5. The highest BCUT2D eigenvalue weighted by Gasteiger charge is 2.40. The van der Waals surface area contributed by atoms with Crippen LogP contribution in [0.1, 0.15) is 36.3 Å². The smallest absolute Gasteiger partial charge is 0.407 e. The summed E-state index contributed by atoms with van der Waals surface area (Å²) in [5.74, 6) is -1.76. The second-order valence-electron chi connectivity index (χ2n) is 8.85. The molecule has 2 aliphatic rings. The number of aliphatic carboxylic acids is 1. The van der Waals surface area contributed by atoms with Gasteiger partial charge >= 0.3 is 12.1 Å². The third-order valence-corrected chi connectivity index (χ3v) is 6.52. The zero-order chi connectivity index (χ0) is 24.3. The Hall–Kier alpha value is -3.43. The lowest BCUT2D eigenvalue weighted by Gasteiger charge is -2.25. The fourth-order valence-corrected chi connectivity index (χ4v) is 4.70. The molecule has 1 aliphatic carbocycles. The molecular formula is C25H28N2O7. The molecule has 0 saturated carbocycles. The zero-order valence-corrected chi connectivity index (χ0v) is 18.6. The number of nitrogens with zero attached hydrogens (tertiary/aromatic N) is 1. The molecule has 4 N–H and O–H groups in total. The summed E-state index contributed by atoms with van der Waals surface area (Å²) in [5.41, 5.74) is 2.89. The van der Waals surface area contributed by atoms with Crippen LogP contribution in [-0.2, 0) is 14.3 Å². The molecule has 34 heavy (non-hydrogen) atoms. The van der Waals surface area contributed by atoms with E-state index in [0.717, 1.165) is 22.3 Å². The van der Waals surface area contributed by atoms with Crippen molar-refractivity contribution in [2.24, 2.45) is 0 Å². The lowest BCUT2D eigenvalue weighted by Crippen LogP contribution is -2.49. The third-order valence-electron chi connectivity index (χ3n) is 6.52. The molecule has 180 valence electrons. The molecule has 2 amide bonds. The summed E-state index contributed by atoms with van der Waals surface area (Å²) in [6.07, 6.45) is -1.06. The predicted molar refractivity (Wildman–Crippen MR) is 122 cm³/mol. The van der Waals surface area contributed by atoms with Gasteiger partial charge in [-0.05, 0) is 35.1 Å². The highest BCUT2D eigenvalue weighted by molar-refractivity contribution is 5.86. The minimum atomic E-state index is -1.39. The molecule has 2 aromatic rings. The van der Waals surface area contributed by atoms with Gasteiger partial charge in [0.05, 0.1) is 13.2 Å². The van der Waals surface area contributed by atoms with Crippen LogP contribution < -0.4 is 5.32 Å². The number of nitrogens with one attached hydrogen (secondary N) is 1. The Balaban J connectivity index is 1.42. The number of rotatable bonds is 8. The molecule has 2 unspecified atom stereocenters. The van der Waals surface area contributed by atoms with Crippen molar-refractivity contribution in [3.63, 3.8) is 0 Å². The quantitative estimate of drug-likeness (QED) is 0.463. The van der Waals surface area contributed by atoms with Crippen molar-refractivity contribution in [1.82, 2.24) is 10.2 Å². The van der Waals surface area contributed by atoms with E-state index in [4.69, 9.17) is 9.84 Å². The highest BCUT2D eigenvalue weighted by Crippen LogP contribution is 2.44. The fourth-order valence-electron chi connectivity index (χ4n) is 4.70. The Labute approximate surface area is 197 Å². The number of carboxylic acids is 1. The van der Waals surface area contributed by atoms with Gasteiger partial charge in [0.25, 0.3) is 0 Å². The Morgan fingerprint density at radius 3 is 2.26 bits per heavy atom. The van der Waals surface area contributed by atoms with Gasteiger partial charge in [-0.1, -0.05) is 48.5 Å². The van der Waals surface area contributed by atoms with E-state index < -0.39 is 36.2 Å². The van der Waals surface area contributed by atoms with Crippen molar-refractivity contribution in [2.75, 3.05) is 26.3 Å². The maximum atomic E-state index is 13.0. The monoisotopic (exact) mass is 468 g/mol. The van der Waals surface area contributed by atoms with Crippen LogP contribution in [0.4, 0.5) is 4.79 Å². The molecule has 9 heteroatoms. The number of likely N-dealkylation sites (tertiary alicyclic amines) is 1. The second-order valence-corrected chi connectivity index (χ2v) is 8.85. The largest absolute Gasteiger partial charge is 0.481 e. The molecule has 4 rings (SSSR count). The number of ether oxygens (including phenoxy) is 1. The average Bonchev–Trinajstić information content (AvgIpc) is 3.39. The van der Waals surface area contributed by atoms with Gasteiger partial charge in [-0.25, -0.2) is 4.79 Å². The van der Waals surface area contributed by atoms with E-state index in [1.165, 1.54) is 4.90 Å². The summed E-state index contributed by atoms with van der Waals surface area (Å²) < 4.78 is 5.49. The number of aliphatic hydroxyl groups is 2. The van der Waals surface area contributed by atoms with Gasteiger partial charge in [0.15, 0.2) is 0 Å². The molecule has 1 aliphatic heterocycles. The van der Waals surface area contributed by atoms with E-state index in [1.54, 1.807) is 0 Å². The minimum Gasteiger partial charge on any atom is -0.481 e. The molecule has 0 bridgehead atoms. The standard InChI is InChI=1S/C25H28N2O7/c28-15-25(33)11-12-27(14-25)23(31)21(9-10-22(29)30)26-24(32)34-13-20-18-7-3-1-5-16(18)17-6-2-4-8-19(17)20/h1-8,20-21,28,33H,9-15H2,(H,26,32)(H,29,30). The van der Waals surface area contributed by atoms with E-state index in [0.29, 0.717) is 0 Å². The number of fused-ring (bicyclic) bond motifs is 3. The molecule has 1 heterocycles. The number of aliphatic hydroxyl groups excluding tert-OH is 1. The molecule has 1 fully saturated rings. The van der Waals surface area contributed by atoms with Crippen molar-refractivity contribution in [2.45, 2.75) is 36.8 Å². The summed E-state index contributed by atoms with van der Waals surface area (Å²) in [7, 11) is 0. The number of hydrogen-bond donors (Lipinski definition) is 4. The number of alkyl carbamates (subject to hydrolysis) is 1. The predicted octanol–water partition coefficient (Wildman–Crippen LogP) is 1.71. The summed E-state index contributed by atoms with van der Waals surface area (Å²) in [6, 6.07) is 14.7. The summed E-state index contributed by atoms with van der Waals surface area (Å²) in [6.45, 7) is -0.311. The third kappa shape index (κ3) is 4.90. The summed E-state index contributed by atoms with van der Waals surface area (Å²) in [4.78, 5) is 38.0. The van der Waals surface area contributed by atoms with Crippen LogP contribution in [0.25, 0.3) is 11.1 Å². The van der Waals surface area contributed by atoms with Crippen LogP contribution in [0.15, 0.2) is 48.5 Å². The average molecular weight is 469 g/mol. The van der Waals surface area contributed by atoms with Crippen molar-refractivity contribution in [3.05, 3.63) is 59.7 Å². The van der Waals surface area contributed by atoms with Crippen molar-refractivity contribution >= 4 is 18.0 Å². The maximum absolute atomic E-state index is 13.0. The Kier molecular flexibility index (Phi) is 6.85. The SMILES string of the molecule is O=C(O)CCC(NC(=O)OCC1c2ccccc2-c2ccccc21)C(=O)N1CCC(O)(CO)C1. The topological polar surface area (TPSA) is 136 Å². The van der Waals surface area contributed by atoms with Crippen molar-refractivity contribution < 1.29 is 34.4 Å². The number of hydrogen-bond acceptors (Lipinski definition) is 6. The van der Waals surface area contributed by atoms with E-state index in [-0.39, 0.29) is 44.9 Å². The lowest BCUT2D eigenvalue weighted by molar-refractivity contribution is -0.138. The molecule has 0 radical (unpaired) electrons. The van der Waals surface area contributed by atoms with Crippen molar-refractivity contribution in [3.8, 4) is 11.1 Å². The molecule has 9 nitrogen and oxygen atoms in total. The van der Waals surface area contributed by atoms with E-state index in [9.17, 15) is 24.6 Å². The van der Waals surface area contributed by atoms with Gasteiger partial charge in [0.2, 0.25) is 5.91 Å². The van der Waals surface area contributed by atoms with Gasteiger partial charge in [-0.15, -0.1) is 0 Å². The number of β-amino-alcohol motifs (C(OH)–C–C–N with tert-alkyl or cyclic N) is 1. The van der Waals surface area contributed by atoms with Crippen LogP contribution in [0.5, 0.6) is 0 Å². The number of benzene rings is 2. The van der Waals surface area contributed by atoms with Crippen LogP contribution in [0.3, 0.4) is 0 Å². The molecule has 2 aromatic carbocycles. The first kappa shape index (κ1) is 23.7. The summed E-state index contributed by atoms with van der Waals surface area (Å²) in [5, 5.41) is 31.1. The van der Waals surface area contributed by atoms with Crippen molar-refractivity contribution in [1.29, 1.82) is 0 Å². The summed E-state index contributed by atoms with van der Waals surface area (Å²) >= 11 is 0. The van der Waals surface area contributed by atoms with E-state index in [2.05, 4.69) is 5.32 Å². The first-order valence-electron chi connectivity index (χ1n) is 11.3. The normalized spacial score (nSPS) is 19.9. The number of carboxylic acid groups (broad SMARTS) is 1. The first-order chi connectivity index (χ1) is 16.3. The molecule has 0 spiro atoms. The molecular weight excluding hydrogens is 440 g/mol. The van der Waals surface area contributed by atoms with E-state index >= 15 is 0 Å². The van der Waals surface area contributed by atoms with Gasteiger partial charge in [-0.2, -0.15) is 0 Å². The zero-order valence-electron chi connectivity index (χ0n) is 18.6. The number of carbonyl (C=O) groups excluding carboxylic acids is 2. The second kappa shape index (κ2) is 9.82. The Morgan fingerprint density at radius 2 is 1.71 bits per heavy atom. The number of carbonyl (C=O) groups is 3. The van der Waals surface area contributed by atoms with Crippen LogP contribution >= 0.6 is 0 Å². The van der Waals surface area contributed by atoms with Crippen LogP contribution in [0, 0.1) is 0 Å². The molecule has 2 atom stereocenters. The van der Waals surface area contributed by atoms with Gasteiger partial charge in [0.1, 0.15) is 18.2 Å². The van der Waals surface area contributed by atoms with Gasteiger partial charge < -0.3 is 30.3 Å². The molecule has 1 saturated heterocycles. The van der Waals surface area contributed by atoms with Crippen LogP contribution in [-0.4, -0.2) is 76.1 Å². The van der Waals surface area contributed by atoms with E-state index in [1.807, 2.05) is 48.5 Å². The maximum Gasteiger partial charge on any atom is 0.407 e. The number of amides is 2. The minimum absolute atomic E-state index is 0.0632. The Morgan fingerprint density at radius 1 is 1.09 bits per heavy atom. The fraction of sp³-hybridized carbons (Fsp3) is 0.400. The van der Waals surface area contributed by atoms with Gasteiger partial charge in [-0.3, -0.25) is 9.59 Å².